The molecule has 1 aromatic rings. The number of carbonyl (C=O) groups is 3. The molecule has 8 heteroatoms. The zero-order valence-electron chi connectivity index (χ0n) is 12.3. The molecule has 1 aliphatic rings. The van der Waals surface area contributed by atoms with Crippen LogP contribution in [0.5, 0.6) is 0 Å². The number of unbranched alkanes of at least 4 members (excludes halogenated alkanes) is 2. The normalized spacial score (nSPS) is 13.7. The molecule has 2 heterocycles. The van der Waals surface area contributed by atoms with Gasteiger partial charge in [-0.25, -0.2) is 9.78 Å². The molecule has 0 atom stereocenters. The summed E-state index contributed by atoms with van der Waals surface area (Å²) in [5.74, 6) is -0.841. The second kappa shape index (κ2) is 9.36. The van der Waals surface area contributed by atoms with Crippen LogP contribution in [-0.2, 0) is 19.2 Å². The zero-order chi connectivity index (χ0) is 16.5. The molecule has 2 rings (SSSR count). The Hall–Kier alpha value is -1.80. The highest BCUT2D eigenvalue weighted by atomic mass is 33.1. The highest BCUT2D eigenvalue weighted by molar-refractivity contribution is 8.76. The second-order valence-corrected chi connectivity index (χ2v) is 7.09. The van der Waals surface area contributed by atoms with Crippen molar-refractivity contribution < 1.29 is 19.2 Å². The zero-order valence-corrected chi connectivity index (χ0v) is 14.0. The van der Waals surface area contributed by atoms with Crippen molar-refractivity contribution in [2.45, 2.75) is 30.7 Å². The minimum Gasteiger partial charge on any atom is -0.330 e. The van der Waals surface area contributed by atoms with Gasteiger partial charge in [-0.05, 0) is 35.8 Å². The van der Waals surface area contributed by atoms with Gasteiger partial charge in [-0.1, -0.05) is 28.3 Å². The van der Waals surface area contributed by atoms with Crippen LogP contribution < -0.4 is 0 Å². The summed E-state index contributed by atoms with van der Waals surface area (Å²) in [7, 11) is 3.36. The standard InChI is InChI=1S/C15H16N2O4S2/c18-13-8-9-14(19)17(13)21-15(20)7-2-1-5-11-22-23-12-6-3-4-10-16-12/h3-4,6,8-10H,1-2,5,7,11H2. The monoisotopic (exact) mass is 352 g/mol. The molecule has 0 unspecified atom stereocenters. The fourth-order valence-corrected chi connectivity index (χ4v) is 3.76. The van der Waals surface area contributed by atoms with Gasteiger partial charge in [-0.15, -0.1) is 0 Å². The Bertz CT molecular complexity index is 574. The molecular weight excluding hydrogens is 336 g/mol. The van der Waals surface area contributed by atoms with E-state index < -0.39 is 17.8 Å². The van der Waals surface area contributed by atoms with Crippen LogP contribution in [0.2, 0.25) is 0 Å². The molecule has 0 fully saturated rings. The fourth-order valence-electron chi connectivity index (χ4n) is 1.73. The molecule has 0 radical (unpaired) electrons. The predicted molar refractivity (Wildman–Crippen MR) is 88.1 cm³/mol. The SMILES string of the molecule is O=C(CCCCCSSc1ccccn1)ON1C(=O)C=CC1=O. The van der Waals surface area contributed by atoms with E-state index in [2.05, 4.69) is 4.98 Å². The molecule has 0 N–H and O–H groups in total. The minimum atomic E-state index is -0.619. The molecule has 1 aliphatic heterocycles. The lowest BCUT2D eigenvalue weighted by molar-refractivity contribution is -0.196. The number of carbonyl (C=O) groups excluding carboxylic acids is 3. The highest BCUT2D eigenvalue weighted by Gasteiger charge is 2.27. The maximum absolute atomic E-state index is 11.6. The van der Waals surface area contributed by atoms with Crippen LogP contribution in [-0.4, -0.2) is 33.6 Å². The molecule has 0 saturated heterocycles. The molecule has 2 amide bonds. The molecular formula is C15H16N2O4S2. The Labute approximate surface area is 142 Å². The quantitative estimate of drug-likeness (QED) is 0.384. The number of aromatic nitrogens is 1. The smallest absolute Gasteiger partial charge is 0.330 e. The summed E-state index contributed by atoms with van der Waals surface area (Å²) < 4.78 is 0. The van der Waals surface area contributed by atoms with Gasteiger partial charge in [0.25, 0.3) is 11.8 Å². The topological polar surface area (TPSA) is 76.6 Å². The van der Waals surface area contributed by atoms with E-state index in [9.17, 15) is 14.4 Å². The first-order valence-corrected chi connectivity index (χ1v) is 9.46. The maximum atomic E-state index is 11.6. The van der Waals surface area contributed by atoms with E-state index in [4.69, 9.17) is 4.84 Å². The lowest BCUT2D eigenvalue weighted by atomic mass is 10.2. The lowest BCUT2D eigenvalue weighted by Crippen LogP contribution is -2.32. The number of imide groups is 1. The molecule has 6 nitrogen and oxygen atoms in total. The fraction of sp³-hybridized carbons (Fsp3) is 0.333. The van der Waals surface area contributed by atoms with E-state index in [1.165, 1.54) is 0 Å². The first kappa shape index (κ1) is 17.6. The molecule has 0 aromatic carbocycles. The third-order valence-electron chi connectivity index (χ3n) is 2.85. The van der Waals surface area contributed by atoms with Gasteiger partial charge >= 0.3 is 5.97 Å². The van der Waals surface area contributed by atoms with E-state index in [1.807, 2.05) is 18.2 Å². The third kappa shape index (κ3) is 6.07. The van der Waals surface area contributed by atoms with E-state index in [0.29, 0.717) is 11.5 Å². The third-order valence-corrected chi connectivity index (χ3v) is 5.20. The summed E-state index contributed by atoms with van der Waals surface area (Å²) >= 11 is 0. The summed E-state index contributed by atoms with van der Waals surface area (Å²) in [6, 6.07) is 5.80. The van der Waals surface area contributed by atoms with Crippen molar-refractivity contribution in [2.75, 3.05) is 5.75 Å². The minimum absolute atomic E-state index is 0.190. The van der Waals surface area contributed by atoms with Crippen LogP contribution >= 0.6 is 21.6 Å². The largest absolute Gasteiger partial charge is 0.333 e. The lowest BCUT2D eigenvalue weighted by Gasteiger charge is -2.12. The van der Waals surface area contributed by atoms with Crippen LogP contribution in [0.25, 0.3) is 0 Å². The van der Waals surface area contributed by atoms with Gasteiger partial charge in [0, 0.05) is 30.5 Å². The molecule has 23 heavy (non-hydrogen) atoms. The number of pyridine rings is 1. The average molecular weight is 352 g/mol. The first-order chi connectivity index (χ1) is 11.2. The average Bonchev–Trinajstić information content (AvgIpc) is 2.87. The van der Waals surface area contributed by atoms with Crippen LogP contribution in [0.1, 0.15) is 25.7 Å². The Balaban J connectivity index is 1.49. The first-order valence-electron chi connectivity index (χ1n) is 7.14. The summed E-state index contributed by atoms with van der Waals surface area (Å²) in [5, 5.41) is 1.47. The van der Waals surface area contributed by atoms with Gasteiger partial charge in [-0.2, -0.15) is 0 Å². The Morgan fingerprint density at radius 3 is 2.61 bits per heavy atom. The van der Waals surface area contributed by atoms with Gasteiger partial charge in [0.15, 0.2) is 0 Å². The van der Waals surface area contributed by atoms with Gasteiger partial charge in [0.05, 0.1) is 0 Å². The van der Waals surface area contributed by atoms with Crippen molar-refractivity contribution in [1.82, 2.24) is 10.0 Å². The van der Waals surface area contributed by atoms with E-state index in [-0.39, 0.29) is 6.42 Å². The molecule has 0 saturated carbocycles. The van der Waals surface area contributed by atoms with E-state index in [1.54, 1.807) is 27.8 Å². The number of hydroxylamine groups is 2. The summed E-state index contributed by atoms with van der Waals surface area (Å²) in [6.45, 7) is 0. The van der Waals surface area contributed by atoms with Gasteiger partial charge in [0.1, 0.15) is 5.03 Å². The Kier molecular flexibility index (Phi) is 7.15. The van der Waals surface area contributed by atoms with Crippen molar-refractivity contribution in [1.29, 1.82) is 0 Å². The molecule has 0 aliphatic carbocycles. The van der Waals surface area contributed by atoms with Gasteiger partial charge < -0.3 is 4.84 Å². The second-order valence-electron chi connectivity index (χ2n) is 4.65. The van der Waals surface area contributed by atoms with E-state index in [0.717, 1.165) is 35.8 Å². The van der Waals surface area contributed by atoms with Crippen molar-refractivity contribution >= 4 is 39.4 Å². The number of rotatable bonds is 9. The molecule has 1 aromatic heterocycles. The van der Waals surface area contributed by atoms with Crippen molar-refractivity contribution in [2.24, 2.45) is 0 Å². The Morgan fingerprint density at radius 2 is 1.91 bits per heavy atom. The summed E-state index contributed by atoms with van der Waals surface area (Å²) in [6.07, 6.45) is 6.62. The van der Waals surface area contributed by atoms with Crippen molar-refractivity contribution in [3.8, 4) is 0 Å². The molecule has 122 valence electrons. The van der Waals surface area contributed by atoms with Crippen LogP contribution in [0.3, 0.4) is 0 Å². The van der Waals surface area contributed by atoms with Crippen LogP contribution in [0, 0.1) is 0 Å². The van der Waals surface area contributed by atoms with Crippen molar-refractivity contribution in [3.05, 3.63) is 36.5 Å². The van der Waals surface area contributed by atoms with Crippen LogP contribution in [0.15, 0.2) is 41.6 Å². The predicted octanol–water partition coefficient (Wildman–Crippen LogP) is 2.77. The van der Waals surface area contributed by atoms with E-state index >= 15 is 0 Å². The number of amides is 2. The number of nitrogens with zero attached hydrogens (tertiary/aromatic N) is 2. The summed E-state index contributed by atoms with van der Waals surface area (Å²) in [4.78, 5) is 42.9. The van der Waals surface area contributed by atoms with Gasteiger partial charge in [0.2, 0.25) is 0 Å². The van der Waals surface area contributed by atoms with Crippen molar-refractivity contribution in [3.63, 3.8) is 0 Å². The summed E-state index contributed by atoms with van der Waals surface area (Å²) in [5.41, 5.74) is 0. The Morgan fingerprint density at radius 1 is 1.13 bits per heavy atom. The number of hydrogen-bond donors (Lipinski definition) is 0. The molecule has 0 bridgehead atoms. The number of hydrogen-bond acceptors (Lipinski definition) is 7. The van der Waals surface area contributed by atoms with Gasteiger partial charge in [-0.3, -0.25) is 9.59 Å². The maximum Gasteiger partial charge on any atom is 0.333 e. The highest BCUT2D eigenvalue weighted by Crippen LogP contribution is 2.29. The van der Waals surface area contributed by atoms with Crippen LogP contribution in [0.4, 0.5) is 0 Å². The molecule has 0 spiro atoms.